The third-order valence-corrected chi connectivity index (χ3v) is 3.17. The van der Waals surface area contributed by atoms with Crippen molar-refractivity contribution in [1.29, 1.82) is 0 Å². The van der Waals surface area contributed by atoms with Gasteiger partial charge in [-0.25, -0.2) is 0 Å². The van der Waals surface area contributed by atoms with Crippen LogP contribution in [0, 0.1) is 5.92 Å². The molecule has 0 aromatic heterocycles. The van der Waals surface area contributed by atoms with Crippen LogP contribution < -0.4 is 5.73 Å². The van der Waals surface area contributed by atoms with E-state index in [-0.39, 0.29) is 12.1 Å². The van der Waals surface area contributed by atoms with Crippen LogP contribution in [0.1, 0.15) is 38.5 Å². The molecule has 0 saturated heterocycles. The maximum Gasteiger partial charge on any atom is 0.147 e. The maximum absolute atomic E-state index is 5.95. The van der Waals surface area contributed by atoms with Gasteiger partial charge in [-0.3, -0.25) is 0 Å². The zero-order valence-corrected chi connectivity index (χ0v) is 8.78. The Kier molecular flexibility index (Phi) is 3.79. The number of rotatable bonds is 5. The predicted molar refractivity (Wildman–Crippen MR) is 54.9 cm³/mol. The standard InChI is InChI=1S/C11H21NO2/c12-10-3-1-2-4-11(10)14-8-13-7-9-5-6-9/h9-11H,1-8,12H2. The van der Waals surface area contributed by atoms with Crippen LogP contribution in [-0.2, 0) is 9.47 Å². The van der Waals surface area contributed by atoms with E-state index in [0.717, 1.165) is 25.4 Å². The van der Waals surface area contributed by atoms with Gasteiger partial charge in [-0.05, 0) is 31.6 Å². The molecular weight excluding hydrogens is 178 g/mol. The van der Waals surface area contributed by atoms with Gasteiger partial charge in [0.25, 0.3) is 0 Å². The van der Waals surface area contributed by atoms with E-state index in [1.807, 2.05) is 0 Å². The third-order valence-electron chi connectivity index (χ3n) is 3.17. The van der Waals surface area contributed by atoms with Crippen LogP contribution >= 0.6 is 0 Å². The lowest BCUT2D eigenvalue weighted by atomic mass is 9.93. The Labute approximate surface area is 85.9 Å². The monoisotopic (exact) mass is 199 g/mol. The van der Waals surface area contributed by atoms with Crippen LogP contribution in [0.5, 0.6) is 0 Å². The lowest BCUT2D eigenvalue weighted by Crippen LogP contribution is -2.39. The normalized spacial score (nSPS) is 33.2. The fourth-order valence-corrected chi connectivity index (χ4v) is 1.97. The summed E-state index contributed by atoms with van der Waals surface area (Å²) in [5.41, 5.74) is 5.95. The smallest absolute Gasteiger partial charge is 0.147 e. The molecule has 0 aromatic carbocycles. The number of nitrogens with two attached hydrogens (primary N) is 1. The molecule has 2 aliphatic carbocycles. The first kappa shape index (κ1) is 10.4. The minimum absolute atomic E-state index is 0.230. The molecule has 2 rings (SSSR count). The third kappa shape index (κ3) is 3.23. The topological polar surface area (TPSA) is 44.5 Å². The number of hydrogen-bond donors (Lipinski definition) is 1. The van der Waals surface area contributed by atoms with E-state index in [9.17, 15) is 0 Å². The quantitative estimate of drug-likeness (QED) is 0.541. The van der Waals surface area contributed by atoms with Crippen molar-refractivity contribution in [2.45, 2.75) is 50.7 Å². The molecule has 0 spiro atoms. The molecule has 2 N–H and O–H groups in total. The molecule has 2 saturated carbocycles. The summed E-state index contributed by atoms with van der Waals surface area (Å²) in [5.74, 6) is 0.818. The predicted octanol–water partition coefficient (Wildman–Crippen LogP) is 1.66. The van der Waals surface area contributed by atoms with E-state index in [1.54, 1.807) is 0 Å². The van der Waals surface area contributed by atoms with Gasteiger partial charge in [0, 0.05) is 6.04 Å². The molecule has 2 aliphatic rings. The maximum atomic E-state index is 5.95. The first-order chi connectivity index (χ1) is 6.86. The van der Waals surface area contributed by atoms with E-state index >= 15 is 0 Å². The van der Waals surface area contributed by atoms with E-state index in [4.69, 9.17) is 15.2 Å². The second-order valence-corrected chi connectivity index (χ2v) is 4.59. The van der Waals surface area contributed by atoms with Crippen LogP contribution in [0.4, 0.5) is 0 Å². The summed E-state index contributed by atoms with van der Waals surface area (Å²) in [7, 11) is 0. The summed E-state index contributed by atoms with van der Waals surface area (Å²) in [6.07, 6.45) is 7.63. The van der Waals surface area contributed by atoms with Crippen LogP contribution in [0.25, 0.3) is 0 Å². The van der Waals surface area contributed by atoms with Crippen LogP contribution in [0.3, 0.4) is 0 Å². The Morgan fingerprint density at radius 2 is 1.86 bits per heavy atom. The molecule has 14 heavy (non-hydrogen) atoms. The van der Waals surface area contributed by atoms with E-state index in [0.29, 0.717) is 6.79 Å². The molecular formula is C11H21NO2. The van der Waals surface area contributed by atoms with Gasteiger partial charge in [0.05, 0.1) is 12.7 Å². The molecule has 2 atom stereocenters. The summed E-state index contributed by atoms with van der Waals surface area (Å²) in [4.78, 5) is 0. The van der Waals surface area contributed by atoms with E-state index in [2.05, 4.69) is 0 Å². The molecule has 0 heterocycles. The van der Waals surface area contributed by atoms with Crippen LogP contribution in [-0.4, -0.2) is 25.5 Å². The number of hydrogen-bond acceptors (Lipinski definition) is 3. The highest BCUT2D eigenvalue weighted by Gasteiger charge is 2.23. The van der Waals surface area contributed by atoms with Crippen molar-refractivity contribution >= 4 is 0 Å². The summed E-state index contributed by atoms with van der Waals surface area (Å²) in [6, 6.07) is 0.230. The Hall–Kier alpha value is -0.120. The summed E-state index contributed by atoms with van der Waals surface area (Å²) >= 11 is 0. The molecule has 0 aliphatic heterocycles. The Morgan fingerprint density at radius 1 is 1.07 bits per heavy atom. The van der Waals surface area contributed by atoms with Crippen molar-refractivity contribution in [3.63, 3.8) is 0 Å². The highest BCUT2D eigenvalue weighted by Crippen LogP contribution is 2.28. The fourth-order valence-electron chi connectivity index (χ4n) is 1.97. The Bertz CT molecular complexity index is 171. The Balaban J connectivity index is 1.53. The second kappa shape index (κ2) is 5.10. The molecule has 3 heteroatoms. The lowest BCUT2D eigenvalue weighted by Gasteiger charge is -2.28. The minimum Gasteiger partial charge on any atom is -0.355 e. The number of ether oxygens (including phenoxy) is 2. The summed E-state index contributed by atoms with van der Waals surface area (Å²) in [6.45, 7) is 1.32. The van der Waals surface area contributed by atoms with E-state index < -0.39 is 0 Å². The minimum atomic E-state index is 0.230. The molecule has 0 aromatic rings. The molecule has 0 bridgehead atoms. The Morgan fingerprint density at radius 3 is 2.57 bits per heavy atom. The molecule has 2 fully saturated rings. The fraction of sp³-hybridized carbons (Fsp3) is 1.00. The van der Waals surface area contributed by atoms with Gasteiger partial charge in [0.2, 0.25) is 0 Å². The molecule has 0 amide bonds. The van der Waals surface area contributed by atoms with Crippen molar-refractivity contribution < 1.29 is 9.47 Å². The summed E-state index contributed by atoms with van der Waals surface area (Å²) < 4.78 is 11.1. The van der Waals surface area contributed by atoms with Crippen LogP contribution in [0.15, 0.2) is 0 Å². The highest BCUT2D eigenvalue weighted by molar-refractivity contribution is 4.78. The SMILES string of the molecule is NC1CCCCC1OCOCC1CC1. The average Bonchev–Trinajstić information content (AvgIpc) is 2.99. The van der Waals surface area contributed by atoms with E-state index in [1.165, 1.54) is 25.7 Å². The molecule has 2 unspecified atom stereocenters. The molecule has 3 nitrogen and oxygen atoms in total. The van der Waals surface area contributed by atoms with Crippen molar-refractivity contribution in [1.82, 2.24) is 0 Å². The molecule has 82 valence electrons. The zero-order valence-electron chi connectivity index (χ0n) is 8.78. The average molecular weight is 199 g/mol. The van der Waals surface area contributed by atoms with Gasteiger partial charge >= 0.3 is 0 Å². The second-order valence-electron chi connectivity index (χ2n) is 4.59. The zero-order chi connectivity index (χ0) is 9.80. The van der Waals surface area contributed by atoms with Crippen molar-refractivity contribution in [3.8, 4) is 0 Å². The van der Waals surface area contributed by atoms with Gasteiger partial charge in [-0.15, -0.1) is 0 Å². The molecule has 0 radical (unpaired) electrons. The van der Waals surface area contributed by atoms with Crippen molar-refractivity contribution in [3.05, 3.63) is 0 Å². The van der Waals surface area contributed by atoms with Gasteiger partial charge in [0.1, 0.15) is 6.79 Å². The first-order valence-electron chi connectivity index (χ1n) is 5.81. The lowest BCUT2D eigenvalue weighted by molar-refractivity contribution is -0.106. The first-order valence-corrected chi connectivity index (χ1v) is 5.81. The largest absolute Gasteiger partial charge is 0.355 e. The van der Waals surface area contributed by atoms with Crippen molar-refractivity contribution in [2.75, 3.05) is 13.4 Å². The van der Waals surface area contributed by atoms with Crippen LogP contribution in [0.2, 0.25) is 0 Å². The highest BCUT2D eigenvalue weighted by atomic mass is 16.7. The van der Waals surface area contributed by atoms with Crippen molar-refractivity contribution in [2.24, 2.45) is 11.7 Å². The van der Waals surface area contributed by atoms with Gasteiger partial charge < -0.3 is 15.2 Å². The van der Waals surface area contributed by atoms with Gasteiger partial charge in [0.15, 0.2) is 0 Å². The van der Waals surface area contributed by atoms with Gasteiger partial charge in [-0.1, -0.05) is 12.8 Å². The summed E-state index contributed by atoms with van der Waals surface area (Å²) in [5, 5.41) is 0. The van der Waals surface area contributed by atoms with Gasteiger partial charge in [-0.2, -0.15) is 0 Å².